The van der Waals surface area contributed by atoms with Crippen LogP contribution in [0.3, 0.4) is 0 Å². The molecule has 0 aromatic heterocycles. The molecule has 2 unspecified atom stereocenters. The van der Waals surface area contributed by atoms with E-state index in [2.05, 4.69) is 46.9 Å². The summed E-state index contributed by atoms with van der Waals surface area (Å²) in [5.74, 6) is 0.0857. The fourth-order valence-corrected chi connectivity index (χ4v) is 6.70. The molecule has 0 bridgehead atoms. The molecule has 0 aliphatic heterocycles. The topological polar surface area (TPSA) is 55.4 Å². The molecule has 0 heterocycles. The number of carbonyl (C=O) groups is 1. The lowest BCUT2D eigenvalue weighted by atomic mass is 9.81. The third-order valence-electron chi connectivity index (χ3n) is 4.93. The monoisotopic (exact) mass is 451 g/mol. The van der Waals surface area contributed by atoms with E-state index in [-0.39, 0.29) is 17.6 Å². The van der Waals surface area contributed by atoms with Crippen molar-refractivity contribution in [2.24, 2.45) is 16.7 Å². The summed E-state index contributed by atoms with van der Waals surface area (Å²) in [6.07, 6.45) is 4.83. The molecular weight excluding hydrogens is 405 g/mol. The average Bonchev–Trinajstić information content (AvgIpc) is 2.56. The van der Waals surface area contributed by atoms with Crippen molar-refractivity contribution in [3.63, 3.8) is 0 Å². The fraction of sp³-hybridized carbons (Fsp3) is 0.731. The van der Waals surface area contributed by atoms with Crippen LogP contribution in [0, 0.1) is 16.7 Å². The van der Waals surface area contributed by atoms with Crippen molar-refractivity contribution in [2.75, 3.05) is 12.4 Å². The number of hydrogen-bond acceptors (Lipinski definition) is 3. The van der Waals surface area contributed by atoms with E-state index in [4.69, 9.17) is 4.52 Å². The number of hydrogen-bond donors (Lipinski definition) is 1. The Morgan fingerprint density at radius 1 is 0.968 bits per heavy atom. The van der Waals surface area contributed by atoms with Gasteiger partial charge in [0.05, 0.1) is 11.9 Å². The number of nitrogens with one attached hydrogen (secondary N) is 1. The Kier molecular flexibility index (Phi) is 10.0. The maximum Gasteiger partial charge on any atom is 0.251 e. The highest BCUT2D eigenvalue weighted by molar-refractivity contribution is 7.59. The Balaban J connectivity index is 2.97. The molecule has 0 spiro atoms. The van der Waals surface area contributed by atoms with Gasteiger partial charge in [-0.2, -0.15) is 0 Å². The van der Waals surface area contributed by atoms with Gasteiger partial charge in [-0.15, -0.1) is 0 Å². The SMILES string of the molecule is CC(C)(C)CCCC(CC(C)(C)C)CP(=O)(CNC(=O)c1ccccc1)OC(C)(C)C. The summed E-state index contributed by atoms with van der Waals surface area (Å²) in [5.41, 5.74) is 0.472. The van der Waals surface area contributed by atoms with E-state index in [1.54, 1.807) is 12.1 Å². The average molecular weight is 452 g/mol. The van der Waals surface area contributed by atoms with Crippen molar-refractivity contribution in [1.82, 2.24) is 5.32 Å². The van der Waals surface area contributed by atoms with Crippen molar-refractivity contribution in [2.45, 2.75) is 93.6 Å². The van der Waals surface area contributed by atoms with Crippen LogP contribution >= 0.6 is 7.37 Å². The molecule has 0 radical (unpaired) electrons. The first-order valence-electron chi connectivity index (χ1n) is 11.6. The maximum absolute atomic E-state index is 14.0. The first-order valence-corrected chi connectivity index (χ1v) is 13.6. The Morgan fingerprint density at radius 2 is 1.55 bits per heavy atom. The van der Waals surface area contributed by atoms with Crippen LogP contribution in [0.5, 0.6) is 0 Å². The second kappa shape index (κ2) is 11.1. The molecule has 0 saturated carbocycles. The van der Waals surface area contributed by atoms with Crippen molar-refractivity contribution >= 4 is 13.3 Å². The molecule has 1 aromatic carbocycles. The molecule has 1 amide bonds. The van der Waals surface area contributed by atoms with Crippen LogP contribution in [0.25, 0.3) is 0 Å². The minimum atomic E-state index is -3.07. The number of benzene rings is 1. The molecule has 2 atom stereocenters. The van der Waals surface area contributed by atoms with Crippen LogP contribution in [0.4, 0.5) is 0 Å². The van der Waals surface area contributed by atoms with E-state index >= 15 is 0 Å². The molecular formula is C26H46NO3P. The normalized spacial score (nSPS) is 15.9. The molecule has 1 N–H and O–H groups in total. The number of amides is 1. The van der Waals surface area contributed by atoms with Gasteiger partial charge in [0.25, 0.3) is 5.91 Å². The minimum Gasteiger partial charge on any atom is -0.343 e. The lowest BCUT2D eigenvalue weighted by molar-refractivity contribution is 0.0949. The third-order valence-corrected chi connectivity index (χ3v) is 7.53. The molecule has 1 rings (SSSR count). The van der Waals surface area contributed by atoms with Gasteiger partial charge >= 0.3 is 0 Å². The predicted octanol–water partition coefficient (Wildman–Crippen LogP) is 7.74. The zero-order valence-electron chi connectivity index (χ0n) is 21.4. The molecule has 1 aromatic rings. The smallest absolute Gasteiger partial charge is 0.251 e. The van der Waals surface area contributed by atoms with E-state index in [1.165, 1.54) is 0 Å². The number of rotatable bonds is 10. The quantitative estimate of drug-likeness (QED) is 0.370. The standard InChI is InChI=1S/C26H46NO3P/c1-24(2,3)17-13-14-21(18-25(4,5)6)19-31(29,30-26(7,8)9)20-27-23(28)22-15-11-10-12-16-22/h10-12,15-16,21H,13-14,17-20H2,1-9H3,(H,27,28). The van der Waals surface area contributed by atoms with Crippen LogP contribution in [-0.4, -0.2) is 24.0 Å². The van der Waals surface area contributed by atoms with Crippen LogP contribution in [0.15, 0.2) is 30.3 Å². The first kappa shape index (κ1) is 27.9. The van der Waals surface area contributed by atoms with Gasteiger partial charge in [-0.05, 0) is 68.9 Å². The van der Waals surface area contributed by atoms with Gasteiger partial charge in [0, 0.05) is 11.7 Å². The van der Waals surface area contributed by atoms with Gasteiger partial charge in [-0.1, -0.05) is 66.2 Å². The van der Waals surface area contributed by atoms with E-state index < -0.39 is 13.0 Å². The van der Waals surface area contributed by atoms with E-state index in [0.29, 0.717) is 23.1 Å². The number of carbonyl (C=O) groups excluding carboxylic acids is 1. The summed E-state index contributed by atoms with van der Waals surface area (Å²) in [7, 11) is -3.07. The Bertz CT molecular complexity index is 724. The molecule has 178 valence electrons. The van der Waals surface area contributed by atoms with Crippen LogP contribution in [0.1, 0.15) is 98.4 Å². The van der Waals surface area contributed by atoms with Gasteiger partial charge in [0.2, 0.25) is 7.37 Å². The Labute approximate surface area is 191 Å². The van der Waals surface area contributed by atoms with Gasteiger partial charge < -0.3 is 9.84 Å². The zero-order chi connectivity index (χ0) is 23.9. The van der Waals surface area contributed by atoms with E-state index in [9.17, 15) is 9.36 Å². The highest BCUT2D eigenvalue weighted by atomic mass is 31.2. The second-order valence-electron chi connectivity index (χ2n) is 12.3. The molecule has 5 heteroatoms. The van der Waals surface area contributed by atoms with E-state index in [0.717, 1.165) is 25.7 Å². The van der Waals surface area contributed by atoms with Crippen molar-refractivity contribution in [1.29, 1.82) is 0 Å². The minimum absolute atomic E-state index is 0.0674. The summed E-state index contributed by atoms with van der Waals surface area (Å²) >= 11 is 0. The third kappa shape index (κ3) is 13.1. The highest BCUT2D eigenvalue weighted by Crippen LogP contribution is 2.52. The summed E-state index contributed by atoms with van der Waals surface area (Å²) in [4.78, 5) is 12.6. The van der Waals surface area contributed by atoms with Crippen LogP contribution in [0.2, 0.25) is 0 Å². The van der Waals surface area contributed by atoms with E-state index in [1.807, 2.05) is 39.0 Å². The summed E-state index contributed by atoms with van der Waals surface area (Å²) in [6.45, 7) is 19.3. The van der Waals surface area contributed by atoms with Crippen molar-refractivity contribution < 1.29 is 13.9 Å². The highest BCUT2D eigenvalue weighted by Gasteiger charge is 2.34. The zero-order valence-corrected chi connectivity index (χ0v) is 22.3. The van der Waals surface area contributed by atoms with Crippen molar-refractivity contribution in [3.8, 4) is 0 Å². The maximum atomic E-state index is 14.0. The molecule has 0 aliphatic rings. The summed E-state index contributed by atoms with van der Waals surface area (Å²) < 4.78 is 20.1. The van der Waals surface area contributed by atoms with Crippen molar-refractivity contribution in [3.05, 3.63) is 35.9 Å². The largest absolute Gasteiger partial charge is 0.343 e. The lowest BCUT2D eigenvalue weighted by Gasteiger charge is -2.33. The van der Waals surface area contributed by atoms with Crippen LogP contribution < -0.4 is 5.32 Å². The van der Waals surface area contributed by atoms with Gasteiger partial charge in [0.1, 0.15) is 0 Å². The Morgan fingerprint density at radius 3 is 2.03 bits per heavy atom. The fourth-order valence-electron chi connectivity index (χ4n) is 3.96. The molecule has 0 aliphatic carbocycles. The molecule has 4 nitrogen and oxygen atoms in total. The predicted molar refractivity (Wildman–Crippen MR) is 133 cm³/mol. The van der Waals surface area contributed by atoms with Gasteiger partial charge in [0.15, 0.2) is 0 Å². The van der Waals surface area contributed by atoms with Crippen LogP contribution in [-0.2, 0) is 9.09 Å². The lowest BCUT2D eigenvalue weighted by Crippen LogP contribution is -2.30. The molecule has 0 fully saturated rings. The van der Waals surface area contributed by atoms with Gasteiger partial charge in [-0.25, -0.2) is 0 Å². The molecule has 0 saturated heterocycles. The van der Waals surface area contributed by atoms with Gasteiger partial charge in [-0.3, -0.25) is 9.36 Å². The summed E-state index contributed by atoms with van der Waals surface area (Å²) in [6, 6.07) is 9.06. The Hall–Kier alpha value is -1.12. The first-order chi connectivity index (χ1) is 14.0. The molecule has 31 heavy (non-hydrogen) atoms. The summed E-state index contributed by atoms with van der Waals surface area (Å²) in [5, 5.41) is 2.88. The second-order valence-corrected chi connectivity index (χ2v) is 14.8.